The summed E-state index contributed by atoms with van der Waals surface area (Å²) >= 11 is 3.10. The number of anilines is 1. The Bertz CT molecular complexity index is 1390. The van der Waals surface area contributed by atoms with E-state index in [1.54, 1.807) is 22.0 Å². The Balaban J connectivity index is 1.29. The molecule has 148 valence electrons. The lowest BCUT2D eigenvalue weighted by molar-refractivity contribution is -0.117. The lowest BCUT2D eigenvalue weighted by Crippen LogP contribution is -2.13. The second-order valence-corrected chi connectivity index (χ2v) is 8.87. The summed E-state index contributed by atoms with van der Waals surface area (Å²) in [5.74, 6) is 0.688. The van der Waals surface area contributed by atoms with Crippen LogP contribution in [0.15, 0.2) is 63.7 Å². The minimum atomic E-state index is 0.0318. The van der Waals surface area contributed by atoms with Crippen LogP contribution in [0.2, 0.25) is 0 Å². The molecule has 1 amide bonds. The molecule has 8 nitrogen and oxygen atoms in total. The summed E-state index contributed by atoms with van der Waals surface area (Å²) < 4.78 is 3.64. The van der Waals surface area contributed by atoms with E-state index in [9.17, 15) is 4.79 Å². The quantitative estimate of drug-likeness (QED) is 0.451. The number of amides is 1. The van der Waals surface area contributed by atoms with Gasteiger partial charge in [-0.25, -0.2) is 9.50 Å². The second kappa shape index (κ2) is 6.92. The number of fused-ring (bicyclic) bond motifs is 2. The lowest BCUT2D eigenvalue weighted by Gasteiger charge is -2.03. The maximum absolute atomic E-state index is 12.0. The molecule has 1 N–H and O–H groups in total. The maximum Gasteiger partial charge on any atom is 0.228 e. The van der Waals surface area contributed by atoms with Crippen LogP contribution in [0.1, 0.15) is 12.8 Å². The number of rotatable bonds is 5. The van der Waals surface area contributed by atoms with E-state index in [-0.39, 0.29) is 11.8 Å². The predicted octanol–water partition coefficient (Wildman–Crippen LogP) is 4.00. The zero-order chi connectivity index (χ0) is 20.1. The summed E-state index contributed by atoms with van der Waals surface area (Å²) in [7, 11) is 0. The van der Waals surface area contributed by atoms with Crippen LogP contribution in [0.5, 0.6) is 0 Å². The van der Waals surface area contributed by atoms with Crippen LogP contribution >= 0.6 is 23.1 Å². The number of pyridine rings is 1. The SMILES string of the molecule is O=C(Nc1cn2nc(Sc3nnc4ccc(-c5ccsc5)cn34)ccc2n1)C1CC1. The van der Waals surface area contributed by atoms with Crippen molar-refractivity contribution >= 4 is 46.1 Å². The number of carbonyl (C=O) groups is 1. The van der Waals surface area contributed by atoms with Gasteiger partial charge in [0.1, 0.15) is 5.03 Å². The minimum absolute atomic E-state index is 0.0318. The van der Waals surface area contributed by atoms with Gasteiger partial charge in [0.15, 0.2) is 17.1 Å². The Morgan fingerprint density at radius 2 is 1.97 bits per heavy atom. The zero-order valence-electron chi connectivity index (χ0n) is 15.6. The molecule has 6 rings (SSSR count). The standard InChI is InChI=1S/C20H15N7OS2/c28-19(12-1-2-12)22-15-10-27-16(21-15)5-6-18(25-27)30-20-24-23-17-4-3-13(9-26(17)20)14-7-8-29-11-14/h3-12H,1-2H2,(H,22,28). The molecule has 0 unspecified atom stereocenters. The average Bonchev–Trinajstić information content (AvgIpc) is 3.14. The fraction of sp³-hybridized carbons (Fsp3) is 0.150. The van der Waals surface area contributed by atoms with Crippen molar-refractivity contribution in [1.82, 2.24) is 29.2 Å². The van der Waals surface area contributed by atoms with Gasteiger partial charge in [-0.05, 0) is 76.8 Å². The summed E-state index contributed by atoms with van der Waals surface area (Å²) in [6.45, 7) is 0. The van der Waals surface area contributed by atoms with E-state index in [0.717, 1.165) is 34.2 Å². The van der Waals surface area contributed by atoms with Gasteiger partial charge in [0, 0.05) is 12.1 Å². The van der Waals surface area contributed by atoms with Crippen LogP contribution in [-0.4, -0.2) is 35.1 Å². The molecule has 1 aliphatic carbocycles. The average molecular weight is 434 g/mol. The van der Waals surface area contributed by atoms with Gasteiger partial charge in [0.2, 0.25) is 11.1 Å². The second-order valence-electron chi connectivity index (χ2n) is 7.11. The first-order valence-electron chi connectivity index (χ1n) is 9.45. The largest absolute Gasteiger partial charge is 0.309 e. The summed E-state index contributed by atoms with van der Waals surface area (Å²) in [4.78, 5) is 16.4. The molecule has 0 radical (unpaired) electrons. The van der Waals surface area contributed by atoms with E-state index >= 15 is 0 Å². The highest BCUT2D eigenvalue weighted by atomic mass is 32.2. The van der Waals surface area contributed by atoms with Crippen molar-refractivity contribution in [3.8, 4) is 11.1 Å². The van der Waals surface area contributed by atoms with Crippen molar-refractivity contribution in [3.63, 3.8) is 0 Å². The van der Waals surface area contributed by atoms with Gasteiger partial charge in [-0.3, -0.25) is 9.20 Å². The predicted molar refractivity (Wildman–Crippen MR) is 115 cm³/mol. The molecule has 0 spiro atoms. The molecule has 10 heteroatoms. The van der Waals surface area contributed by atoms with Crippen molar-refractivity contribution in [3.05, 3.63) is 53.5 Å². The van der Waals surface area contributed by atoms with E-state index in [1.807, 2.05) is 34.9 Å². The van der Waals surface area contributed by atoms with Crippen LogP contribution in [0, 0.1) is 5.92 Å². The van der Waals surface area contributed by atoms with Crippen molar-refractivity contribution in [2.24, 2.45) is 5.92 Å². The first-order valence-corrected chi connectivity index (χ1v) is 11.2. The van der Waals surface area contributed by atoms with Crippen LogP contribution in [0.4, 0.5) is 5.82 Å². The van der Waals surface area contributed by atoms with Gasteiger partial charge in [-0.15, -0.1) is 10.2 Å². The fourth-order valence-electron chi connectivity index (χ4n) is 3.19. The van der Waals surface area contributed by atoms with Gasteiger partial charge < -0.3 is 5.32 Å². The normalized spacial score (nSPS) is 13.9. The molecule has 0 aliphatic heterocycles. The Kier molecular flexibility index (Phi) is 4.06. The molecule has 0 atom stereocenters. The Morgan fingerprint density at radius 3 is 2.80 bits per heavy atom. The number of imidazole rings is 1. The number of hydrogen-bond donors (Lipinski definition) is 1. The van der Waals surface area contributed by atoms with Gasteiger partial charge >= 0.3 is 0 Å². The molecular formula is C20H15N7OS2. The van der Waals surface area contributed by atoms with Gasteiger partial charge in [0.05, 0.1) is 6.20 Å². The highest BCUT2D eigenvalue weighted by Crippen LogP contribution is 2.30. The number of hydrogen-bond acceptors (Lipinski definition) is 7. The van der Waals surface area contributed by atoms with Gasteiger partial charge in [-0.1, -0.05) is 0 Å². The number of nitrogens with zero attached hydrogens (tertiary/aromatic N) is 6. The molecule has 0 aromatic carbocycles. The third-order valence-electron chi connectivity index (χ3n) is 4.92. The molecule has 5 aromatic heterocycles. The van der Waals surface area contributed by atoms with Crippen LogP contribution < -0.4 is 5.32 Å². The molecule has 1 aliphatic rings. The van der Waals surface area contributed by atoms with Gasteiger partial charge in [-0.2, -0.15) is 16.4 Å². The number of thiophene rings is 1. The number of nitrogens with one attached hydrogen (secondary N) is 1. The molecule has 0 bridgehead atoms. The summed E-state index contributed by atoms with van der Waals surface area (Å²) in [6, 6.07) is 9.88. The molecule has 5 aromatic rings. The number of carbonyl (C=O) groups excluding carboxylic acids is 1. The zero-order valence-corrected chi connectivity index (χ0v) is 17.2. The van der Waals surface area contributed by atoms with E-state index in [1.165, 1.54) is 17.3 Å². The van der Waals surface area contributed by atoms with Gasteiger partial charge in [0.25, 0.3) is 0 Å². The minimum Gasteiger partial charge on any atom is -0.309 e. The van der Waals surface area contributed by atoms with Crippen molar-refractivity contribution in [1.29, 1.82) is 0 Å². The molecule has 1 fully saturated rings. The van der Waals surface area contributed by atoms with E-state index in [2.05, 4.69) is 42.4 Å². The highest BCUT2D eigenvalue weighted by Gasteiger charge is 2.30. The van der Waals surface area contributed by atoms with E-state index in [0.29, 0.717) is 11.5 Å². The molecule has 0 saturated heterocycles. The summed E-state index contributed by atoms with van der Waals surface area (Å²) in [5, 5.41) is 21.7. The Morgan fingerprint density at radius 1 is 1.07 bits per heavy atom. The smallest absolute Gasteiger partial charge is 0.228 e. The third kappa shape index (κ3) is 3.23. The van der Waals surface area contributed by atoms with E-state index < -0.39 is 0 Å². The highest BCUT2D eigenvalue weighted by molar-refractivity contribution is 7.99. The third-order valence-corrected chi connectivity index (χ3v) is 6.49. The van der Waals surface area contributed by atoms with Crippen LogP contribution in [0.25, 0.3) is 22.4 Å². The summed E-state index contributed by atoms with van der Waals surface area (Å²) in [5.41, 5.74) is 3.74. The van der Waals surface area contributed by atoms with E-state index in [4.69, 9.17) is 0 Å². The lowest BCUT2D eigenvalue weighted by atomic mass is 10.1. The monoisotopic (exact) mass is 433 g/mol. The van der Waals surface area contributed by atoms with Crippen LogP contribution in [-0.2, 0) is 4.79 Å². The topological polar surface area (TPSA) is 89.5 Å². The van der Waals surface area contributed by atoms with Crippen molar-refractivity contribution < 1.29 is 4.79 Å². The van der Waals surface area contributed by atoms with Crippen molar-refractivity contribution in [2.75, 3.05) is 5.32 Å². The maximum atomic E-state index is 12.0. The fourth-order valence-corrected chi connectivity index (χ4v) is 4.63. The van der Waals surface area contributed by atoms with Crippen molar-refractivity contribution in [2.45, 2.75) is 23.0 Å². The van der Waals surface area contributed by atoms with Crippen LogP contribution in [0.3, 0.4) is 0 Å². The Hall–Kier alpha value is -3.24. The molecular weight excluding hydrogens is 418 g/mol. The molecule has 5 heterocycles. The first kappa shape index (κ1) is 17.6. The molecule has 30 heavy (non-hydrogen) atoms. The molecule has 1 saturated carbocycles. The summed E-state index contributed by atoms with van der Waals surface area (Å²) in [6.07, 6.45) is 5.69. The number of aromatic nitrogens is 6. The Labute approximate surface area is 179 Å². The first-order chi connectivity index (χ1) is 14.7.